The van der Waals surface area contributed by atoms with Crippen molar-refractivity contribution in [1.82, 2.24) is 20.2 Å². The van der Waals surface area contributed by atoms with E-state index in [4.69, 9.17) is 0 Å². The topological polar surface area (TPSA) is 87.7 Å². The Morgan fingerprint density at radius 1 is 1.11 bits per heavy atom. The quantitative estimate of drug-likeness (QED) is 0.685. The normalized spacial score (nSPS) is 11.1. The highest BCUT2D eigenvalue weighted by molar-refractivity contribution is 5.95. The second-order valence-corrected chi connectivity index (χ2v) is 7.44. The molecule has 0 spiro atoms. The number of hydrogen-bond donors (Lipinski definition) is 0. The Balaban J connectivity index is 1.91. The maximum absolute atomic E-state index is 13.1. The van der Waals surface area contributed by atoms with Crippen LogP contribution in [0, 0.1) is 11.3 Å². The molecule has 0 aliphatic carbocycles. The SMILES string of the molecule is CC(C)(C)n1nnc(CC(=O)N(Cc2ccccc2)c2ccccc2C#N)n1. The van der Waals surface area contributed by atoms with Gasteiger partial charge in [-0.05, 0) is 43.7 Å². The zero-order valence-electron chi connectivity index (χ0n) is 16.2. The Labute approximate surface area is 164 Å². The molecule has 7 nitrogen and oxygen atoms in total. The fourth-order valence-corrected chi connectivity index (χ4v) is 2.71. The number of tetrazole rings is 1. The van der Waals surface area contributed by atoms with Crippen LogP contribution in [0.25, 0.3) is 0 Å². The Kier molecular flexibility index (Phi) is 5.50. The fourth-order valence-electron chi connectivity index (χ4n) is 2.71. The van der Waals surface area contributed by atoms with Crippen molar-refractivity contribution >= 4 is 11.6 Å². The summed E-state index contributed by atoms with van der Waals surface area (Å²) in [5.41, 5.74) is 1.67. The number of aromatic nitrogens is 4. The van der Waals surface area contributed by atoms with Crippen LogP contribution < -0.4 is 4.90 Å². The third kappa shape index (κ3) is 4.41. The van der Waals surface area contributed by atoms with Gasteiger partial charge in [0.2, 0.25) is 5.91 Å². The van der Waals surface area contributed by atoms with Gasteiger partial charge in [-0.2, -0.15) is 10.1 Å². The van der Waals surface area contributed by atoms with Crippen LogP contribution >= 0.6 is 0 Å². The van der Waals surface area contributed by atoms with Gasteiger partial charge in [0, 0.05) is 0 Å². The highest BCUT2D eigenvalue weighted by Gasteiger charge is 2.23. The number of carbonyl (C=O) groups excluding carboxylic acids is 1. The highest BCUT2D eigenvalue weighted by Crippen LogP contribution is 2.23. The van der Waals surface area contributed by atoms with Gasteiger partial charge in [-0.3, -0.25) is 4.79 Å². The zero-order valence-corrected chi connectivity index (χ0v) is 16.2. The number of hydrogen-bond acceptors (Lipinski definition) is 5. The first kappa shape index (κ1) is 19.2. The molecule has 0 aliphatic rings. The van der Waals surface area contributed by atoms with Crippen LogP contribution in [-0.4, -0.2) is 26.1 Å². The molecule has 0 aliphatic heterocycles. The lowest BCUT2D eigenvalue weighted by atomic mass is 10.1. The Morgan fingerprint density at radius 2 is 1.79 bits per heavy atom. The van der Waals surface area contributed by atoms with Gasteiger partial charge in [0.05, 0.1) is 29.8 Å². The van der Waals surface area contributed by atoms with E-state index >= 15 is 0 Å². The van der Waals surface area contributed by atoms with Crippen molar-refractivity contribution in [1.29, 1.82) is 5.26 Å². The molecule has 3 aromatic rings. The van der Waals surface area contributed by atoms with Gasteiger partial charge in [-0.15, -0.1) is 10.2 Å². The number of rotatable bonds is 5. The van der Waals surface area contributed by atoms with Crippen molar-refractivity contribution in [3.63, 3.8) is 0 Å². The number of carbonyl (C=O) groups is 1. The first-order chi connectivity index (χ1) is 13.4. The number of nitrogens with zero attached hydrogens (tertiary/aromatic N) is 6. The minimum absolute atomic E-state index is 0.00266. The number of nitriles is 1. The smallest absolute Gasteiger partial charge is 0.235 e. The van der Waals surface area contributed by atoms with Crippen LogP contribution in [0.1, 0.15) is 37.7 Å². The monoisotopic (exact) mass is 374 g/mol. The van der Waals surface area contributed by atoms with E-state index in [0.717, 1.165) is 5.56 Å². The Morgan fingerprint density at radius 3 is 2.43 bits per heavy atom. The molecule has 1 amide bonds. The summed E-state index contributed by atoms with van der Waals surface area (Å²) in [7, 11) is 0. The minimum Gasteiger partial charge on any atom is -0.306 e. The Bertz CT molecular complexity index is 997. The predicted molar refractivity (Wildman–Crippen MR) is 105 cm³/mol. The maximum atomic E-state index is 13.1. The summed E-state index contributed by atoms with van der Waals surface area (Å²) in [6, 6.07) is 18.9. The number of benzene rings is 2. The molecule has 0 atom stereocenters. The summed E-state index contributed by atoms with van der Waals surface area (Å²) in [5.74, 6) is 0.160. The first-order valence-corrected chi connectivity index (χ1v) is 9.01. The van der Waals surface area contributed by atoms with Crippen LogP contribution in [0.5, 0.6) is 0 Å². The van der Waals surface area contributed by atoms with Crippen molar-refractivity contribution in [2.75, 3.05) is 4.90 Å². The van der Waals surface area contributed by atoms with Gasteiger partial charge in [0.25, 0.3) is 0 Å². The van der Waals surface area contributed by atoms with Crippen molar-refractivity contribution in [3.8, 4) is 6.07 Å². The van der Waals surface area contributed by atoms with E-state index in [9.17, 15) is 10.1 Å². The van der Waals surface area contributed by atoms with Crippen molar-refractivity contribution in [2.24, 2.45) is 0 Å². The fraction of sp³-hybridized carbons (Fsp3) is 0.286. The van der Waals surface area contributed by atoms with Crippen molar-refractivity contribution in [2.45, 2.75) is 39.3 Å². The van der Waals surface area contributed by atoms with E-state index in [1.807, 2.05) is 57.2 Å². The number of para-hydroxylation sites is 1. The maximum Gasteiger partial charge on any atom is 0.235 e. The number of amides is 1. The molecule has 3 rings (SSSR count). The van der Waals surface area contributed by atoms with Crippen molar-refractivity contribution in [3.05, 3.63) is 71.5 Å². The van der Waals surface area contributed by atoms with Gasteiger partial charge < -0.3 is 4.90 Å². The third-order valence-electron chi connectivity index (χ3n) is 4.16. The second kappa shape index (κ2) is 8.01. The lowest BCUT2D eigenvalue weighted by Crippen LogP contribution is -2.33. The molecule has 0 saturated carbocycles. The minimum atomic E-state index is -0.314. The van der Waals surface area contributed by atoms with E-state index in [2.05, 4.69) is 21.5 Å². The van der Waals surface area contributed by atoms with Gasteiger partial charge in [-0.1, -0.05) is 42.5 Å². The van der Waals surface area contributed by atoms with E-state index in [1.54, 1.807) is 23.1 Å². The summed E-state index contributed by atoms with van der Waals surface area (Å²) >= 11 is 0. The van der Waals surface area contributed by atoms with Gasteiger partial charge in [0.15, 0.2) is 5.82 Å². The molecule has 2 aromatic carbocycles. The molecule has 1 heterocycles. The molecule has 28 heavy (non-hydrogen) atoms. The molecular formula is C21H22N6O. The summed E-state index contributed by atoms with van der Waals surface area (Å²) in [6.07, 6.45) is 0.00266. The molecule has 142 valence electrons. The summed E-state index contributed by atoms with van der Waals surface area (Å²) in [5, 5.41) is 21.9. The molecule has 0 N–H and O–H groups in total. The Hall–Kier alpha value is -3.53. The van der Waals surface area contributed by atoms with E-state index < -0.39 is 0 Å². The molecular weight excluding hydrogens is 352 g/mol. The van der Waals surface area contributed by atoms with E-state index in [-0.39, 0.29) is 17.9 Å². The highest BCUT2D eigenvalue weighted by atomic mass is 16.2. The van der Waals surface area contributed by atoms with Gasteiger partial charge >= 0.3 is 0 Å². The van der Waals surface area contributed by atoms with Crippen LogP contribution in [-0.2, 0) is 23.3 Å². The molecule has 7 heteroatoms. The van der Waals surface area contributed by atoms with Crippen LogP contribution in [0.15, 0.2) is 54.6 Å². The average molecular weight is 374 g/mol. The van der Waals surface area contributed by atoms with E-state index in [1.165, 1.54) is 4.80 Å². The molecule has 0 bridgehead atoms. The standard InChI is InChI=1S/C21H22N6O/c1-21(2,3)27-24-19(23-25-27)13-20(28)26(15-16-9-5-4-6-10-16)18-12-8-7-11-17(18)14-22/h4-12H,13,15H2,1-3H3. The molecule has 0 unspecified atom stereocenters. The largest absolute Gasteiger partial charge is 0.306 e. The first-order valence-electron chi connectivity index (χ1n) is 9.01. The molecule has 0 fully saturated rings. The summed E-state index contributed by atoms with van der Waals surface area (Å²) < 4.78 is 0. The lowest BCUT2D eigenvalue weighted by Gasteiger charge is -2.23. The second-order valence-electron chi connectivity index (χ2n) is 7.44. The molecule has 0 saturated heterocycles. The van der Waals surface area contributed by atoms with Crippen LogP contribution in [0.4, 0.5) is 5.69 Å². The predicted octanol–water partition coefficient (Wildman–Crippen LogP) is 3.08. The molecule has 0 radical (unpaired) electrons. The summed E-state index contributed by atoms with van der Waals surface area (Å²) in [4.78, 5) is 16.2. The number of anilines is 1. The van der Waals surface area contributed by atoms with Gasteiger partial charge in [0.1, 0.15) is 6.07 Å². The summed E-state index contributed by atoms with van der Waals surface area (Å²) in [6.45, 7) is 6.24. The zero-order chi connectivity index (χ0) is 20.1. The lowest BCUT2D eigenvalue weighted by molar-refractivity contribution is -0.118. The third-order valence-corrected chi connectivity index (χ3v) is 4.16. The van der Waals surface area contributed by atoms with Crippen LogP contribution in [0.2, 0.25) is 0 Å². The average Bonchev–Trinajstić information content (AvgIpc) is 3.16. The van der Waals surface area contributed by atoms with Crippen molar-refractivity contribution < 1.29 is 4.79 Å². The van der Waals surface area contributed by atoms with Crippen LogP contribution in [0.3, 0.4) is 0 Å². The van der Waals surface area contributed by atoms with E-state index in [0.29, 0.717) is 23.6 Å². The van der Waals surface area contributed by atoms with Gasteiger partial charge in [-0.25, -0.2) is 0 Å². The molecule has 1 aromatic heterocycles.